The van der Waals surface area contributed by atoms with Gasteiger partial charge < -0.3 is 0 Å². The van der Waals surface area contributed by atoms with Gasteiger partial charge in [0.1, 0.15) is 0 Å². The standard InChI is InChI=1S/C20H21.C18H23.C2H7Si.2ClH.Zr/c1-4-15-12-18-6-5-7-19(20(18)13-15)17-10-8-16(9-11-17)14(2)3;1-3-13(2)17-10-6-9-15-11-16(12-18(15)17)14-7-4-5-8-14;1-3-2;;;/h5-14H,4H2,1-3H3;6,9-14H,3-5,7-8H2,1-2H3;3H,1-2H3;2*1H;/q;;;;;+2/p-2. The van der Waals surface area contributed by atoms with E-state index >= 15 is 0 Å². The fourth-order valence-corrected chi connectivity index (χ4v) is 40.3. The SMILES string of the molecule is CCC1=Cc2c(-c3ccc(C(C)C)cc3)cccc2[CH]1[Zr]([Cl])([Cl])([CH]1C(C2CCCC2)=Cc2c(C(C)CC)cccc21)[SiH](C)C. The Morgan fingerprint density at radius 3 is 2.02 bits per heavy atom. The third-order valence-electron chi connectivity index (χ3n) is 11.8. The van der Waals surface area contributed by atoms with Gasteiger partial charge in [-0.3, -0.25) is 0 Å². The molecule has 1 saturated carbocycles. The van der Waals surface area contributed by atoms with Crippen LogP contribution in [0.15, 0.2) is 71.8 Å². The molecule has 3 aliphatic carbocycles. The molecule has 233 valence electrons. The molecule has 1 fully saturated rings. The predicted octanol–water partition coefficient (Wildman–Crippen LogP) is 13.1. The maximum atomic E-state index is 8.72. The fourth-order valence-electron chi connectivity index (χ4n) is 8.88. The Bertz CT molecular complexity index is 1610. The van der Waals surface area contributed by atoms with Crippen molar-refractivity contribution in [2.45, 2.75) is 105 Å². The minimum absolute atomic E-state index is 0.161. The zero-order valence-electron chi connectivity index (χ0n) is 27.9. The Morgan fingerprint density at radius 1 is 0.795 bits per heavy atom. The summed E-state index contributed by atoms with van der Waals surface area (Å²) < 4.78 is 0.364. The molecule has 44 heavy (non-hydrogen) atoms. The second-order valence-corrected chi connectivity index (χ2v) is 57.2. The van der Waals surface area contributed by atoms with Crippen molar-refractivity contribution in [2.24, 2.45) is 5.92 Å². The van der Waals surface area contributed by atoms with Crippen molar-refractivity contribution >= 4 is 35.1 Å². The second kappa shape index (κ2) is 12.4. The van der Waals surface area contributed by atoms with E-state index in [0.29, 0.717) is 17.8 Å². The molecule has 0 spiro atoms. The topological polar surface area (TPSA) is 0 Å². The maximum absolute atomic E-state index is 8.72. The molecule has 0 amide bonds. The zero-order valence-corrected chi connectivity index (χ0v) is 33.0. The number of allylic oxidation sites excluding steroid dienone is 2. The van der Waals surface area contributed by atoms with E-state index in [1.807, 2.05) is 0 Å². The molecule has 3 aromatic carbocycles. The van der Waals surface area contributed by atoms with Gasteiger partial charge in [0.25, 0.3) is 0 Å². The van der Waals surface area contributed by atoms with Crippen LogP contribution in [0.1, 0.15) is 126 Å². The molecule has 0 aromatic heterocycles. The molecule has 3 atom stereocenters. The molecule has 0 radical (unpaired) electrons. The van der Waals surface area contributed by atoms with Crippen LogP contribution in [0.3, 0.4) is 0 Å². The third kappa shape index (κ3) is 5.18. The fraction of sp³-hybridized carbons (Fsp3) is 0.450. The summed E-state index contributed by atoms with van der Waals surface area (Å²) >= 11 is -4.75. The number of fused-ring (bicyclic) bond motifs is 2. The van der Waals surface area contributed by atoms with Gasteiger partial charge in [-0.2, -0.15) is 0 Å². The molecule has 0 bridgehead atoms. The molecule has 0 heterocycles. The molecule has 3 unspecified atom stereocenters. The van der Waals surface area contributed by atoms with E-state index in [-0.39, 0.29) is 7.25 Å². The third-order valence-corrected chi connectivity index (χ3v) is 63.5. The van der Waals surface area contributed by atoms with Gasteiger partial charge >= 0.3 is 278 Å². The quantitative estimate of drug-likeness (QED) is 0.193. The van der Waals surface area contributed by atoms with Gasteiger partial charge in [-0.25, -0.2) is 0 Å². The van der Waals surface area contributed by atoms with Crippen LogP contribution in [0, 0.1) is 5.92 Å². The average Bonchev–Trinajstić information content (AvgIpc) is 3.77. The van der Waals surface area contributed by atoms with Gasteiger partial charge in [0, 0.05) is 0 Å². The summed E-state index contributed by atoms with van der Waals surface area (Å²) in [6.07, 6.45) is 12.5. The Kier molecular flexibility index (Phi) is 9.26. The van der Waals surface area contributed by atoms with E-state index in [2.05, 4.69) is 121 Å². The molecular weight excluding hydrogens is 671 g/mol. The van der Waals surface area contributed by atoms with Crippen molar-refractivity contribution in [3.63, 3.8) is 0 Å². The van der Waals surface area contributed by atoms with Crippen molar-refractivity contribution in [3.05, 3.63) is 105 Å². The monoisotopic (exact) mass is 719 g/mol. The molecule has 0 saturated heterocycles. The summed E-state index contributed by atoms with van der Waals surface area (Å²) in [5.74, 6) is 0.0860. The first-order valence-electron chi connectivity index (χ1n) is 17.4. The predicted molar refractivity (Wildman–Crippen MR) is 195 cm³/mol. The summed E-state index contributed by atoms with van der Waals surface area (Å²) in [5, 5.41) is 0. The van der Waals surface area contributed by atoms with Crippen LogP contribution in [-0.2, 0) is 15.6 Å². The summed E-state index contributed by atoms with van der Waals surface area (Å²) in [5.41, 5.74) is 14.2. The van der Waals surface area contributed by atoms with E-state index in [9.17, 15) is 0 Å². The van der Waals surface area contributed by atoms with Crippen LogP contribution in [0.4, 0.5) is 0 Å². The van der Waals surface area contributed by atoms with Crippen molar-refractivity contribution < 1.29 is 15.6 Å². The Morgan fingerprint density at radius 2 is 1.43 bits per heavy atom. The summed E-state index contributed by atoms with van der Waals surface area (Å²) in [7, 11) is 17.4. The van der Waals surface area contributed by atoms with Gasteiger partial charge in [-0.05, 0) is 0 Å². The van der Waals surface area contributed by atoms with E-state index in [4.69, 9.17) is 17.0 Å². The molecule has 3 aromatic rings. The van der Waals surface area contributed by atoms with Gasteiger partial charge in [-0.1, -0.05) is 0 Å². The second-order valence-electron chi connectivity index (χ2n) is 14.7. The van der Waals surface area contributed by atoms with Gasteiger partial charge in [0.05, 0.1) is 0 Å². The molecule has 3 aliphatic rings. The first-order chi connectivity index (χ1) is 21.0. The Labute approximate surface area is 276 Å². The number of hydrogen-bond acceptors (Lipinski definition) is 0. The van der Waals surface area contributed by atoms with Gasteiger partial charge in [0.15, 0.2) is 0 Å². The summed E-state index contributed by atoms with van der Waals surface area (Å²) in [6.45, 7) is 16.5. The van der Waals surface area contributed by atoms with Crippen molar-refractivity contribution in [1.29, 1.82) is 0 Å². The Balaban J connectivity index is 1.57. The minimum atomic E-state index is -4.75. The first-order valence-corrected chi connectivity index (χ1v) is 33.7. The van der Waals surface area contributed by atoms with E-state index in [1.54, 1.807) is 5.57 Å². The molecule has 0 nitrogen and oxygen atoms in total. The average molecular weight is 722 g/mol. The van der Waals surface area contributed by atoms with Crippen LogP contribution in [0.5, 0.6) is 0 Å². The van der Waals surface area contributed by atoms with E-state index < -0.39 is 21.5 Å². The van der Waals surface area contributed by atoms with Crippen molar-refractivity contribution in [3.8, 4) is 11.1 Å². The molecule has 6 rings (SSSR count). The molecule has 0 N–H and O–H groups in total. The van der Waals surface area contributed by atoms with Crippen LogP contribution < -0.4 is 0 Å². The molecule has 0 aliphatic heterocycles. The number of benzene rings is 3. The number of hydrogen-bond donors (Lipinski definition) is 0. The van der Waals surface area contributed by atoms with E-state index in [0.717, 1.165) is 12.8 Å². The van der Waals surface area contributed by atoms with E-state index in [1.165, 1.54) is 75.8 Å². The molecular formula is C40H51Cl2SiZr. The summed E-state index contributed by atoms with van der Waals surface area (Å²) in [4.78, 5) is 0. The normalized spacial score (nSPS) is 21.7. The van der Waals surface area contributed by atoms with Crippen LogP contribution in [0.2, 0.25) is 13.1 Å². The zero-order chi connectivity index (χ0) is 31.4. The summed E-state index contributed by atoms with van der Waals surface area (Å²) in [6, 6.07) is 23.3. The number of halogens is 2. The Hall–Kier alpha value is -1.18. The van der Waals surface area contributed by atoms with Gasteiger partial charge in [-0.15, -0.1) is 0 Å². The van der Waals surface area contributed by atoms with Crippen LogP contribution >= 0.6 is 17.0 Å². The van der Waals surface area contributed by atoms with Crippen LogP contribution in [-0.4, -0.2) is 5.92 Å². The van der Waals surface area contributed by atoms with Gasteiger partial charge in [0.2, 0.25) is 0 Å². The first kappa shape index (κ1) is 32.7. The van der Waals surface area contributed by atoms with Crippen LogP contribution in [0.25, 0.3) is 23.3 Å². The number of rotatable bonds is 9. The van der Waals surface area contributed by atoms with Crippen molar-refractivity contribution in [2.75, 3.05) is 0 Å². The van der Waals surface area contributed by atoms with Crippen molar-refractivity contribution in [1.82, 2.24) is 0 Å². The molecule has 4 heteroatoms.